The van der Waals surface area contributed by atoms with Crippen LogP contribution >= 0.6 is 0 Å². The molecule has 0 aliphatic carbocycles. The maximum atomic E-state index is 5.05. The fourth-order valence-electron chi connectivity index (χ4n) is 3.63. The van der Waals surface area contributed by atoms with Gasteiger partial charge in [0.1, 0.15) is 0 Å². The van der Waals surface area contributed by atoms with Crippen LogP contribution in [0.15, 0.2) is 24.5 Å². The zero-order valence-electron chi connectivity index (χ0n) is 17.0. The first-order valence-corrected chi connectivity index (χ1v) is 17.7. The summed E-state index contributed by atoms with van der Waals surface area (Å²) >= 11 is -2.50. The van der Waals surface area contributed by atoms with Crippen LogP contribution in [0.3, 0.4) is 0 Å². The summed E-state index contributed by atoms with van der Waals surface area (Å²) in [6, 6.07) is 4.18. The number of unbranched alkanes of at least 4 members (excludes halogenated alkanes) is 3. The Labute approximate surface area is 162 Å². The van der Waals surface area contributed by atoms with E-state index in [4.69, 9.17) is 4.98 Å². The van der Waals surface area contributed by atoms with Gasteiger partial charge in [-0.2, -0.15) is 0 Å². The Morgan fingerprint density at radius 1 is 0.923 bits per heavy atom. The third-order valence-electron chi connectivity index (χ3n) is 5.29. The van der Waals surface area contributed by atoms with Gasteiger partial charge in [0.2, 0.25) is 0 Å². The minimum absolute atomic E-state index is 0.719. The normalized spacial score (nSPS) is 11.7. The molecule has 2 aromatic rings. The van der Waals surface area contributed by atoms with Crippen LogP contribution in [-0.2, 0) is 7.05 Å². The van der Waals surface area contributed by atoms with E-state index in [0.717, 1.165) is 11.8 Å². The van der Waals surface area contributed by atoms with Crippen LogP contribution in [0.2, 0.25) is 13.3 Å². The fourth-order valence-corrected chi connectivity index (χ4v) is 19.0. The summed E-state index contributed by atoms with van der Waals surface area (Å²) in [7, 11) is 1.93. The average Bonchev–Trinajstić information content (AvgIpc) is 3.06. The summed E-state index contributed by atoms with van der Waals surface area (Å²) in [4.78, 5) is 9.53. The molecule has 2 heterocycles. The zero-order chi connectivity index (χ0) is 18.8. The summed E-state index contributed by atoms with van der Waals surface area (Å²) in [6.07, 6.45) is 11.6. The molecule has 6 heteroatoms. The van der Waals surface area contributed by atoms with E-state index in [2.05, 4.69) is 42.2 Å². The van der Waals surface area contributed by atoms with E-state index < -0.39 is 18.4 Å². The van der Waals surface area contributed by atoms with E-state index in [1.807, 2.05) is 24.0 Å². The molecule has 0 atom stereocenters. The molecular formula is C20H35N5Sn. The molecule has 0 unspecified atom stereocenters. The summed E-state index contributed by atoms with van der Waals surface area (Å²) < 4.78 is 7.50. The standard InChI is InChI=1S/C8H8N5.3C4H9.Sn/c1-13-7(3-6-11-13)12-8-9-4-2-5-10-8;3*1-3-4-2;/h2-4,6H,1H3,(H,9,10,12);3*1,3-4H2,2H3;. The second-order valence-corrected chi connectivity index (χ2v) is 20.4. The van der Waals surface area contributed by atoms with E-state index in [1.54, 1.807) is 6.20 Å². The van der Waals surface area contributed by atoms with Gasteiger partial charge in [0.15, 0.2) is 0 Å². The van der Waals surface area contributed by atoms with E-state index in [1.165, 1.54) is 55.5 Å². The zero-order valence-corrected chi connectivity index (χ0v) is 19.8. The monoisotopic (exact) mass is 465 g/mol. The first kappa shape index (κ1) is 21.2. The van der Waals surface area contributed by atoms with Crippen molar-refractivity contribution in [2.75, 3.05) is 5.32 Å². The van der Waals surface area contributed by atoms with Crippen molar-refractivity contribution >= 4 is 33.9 Å². The van der Waals surface area contributed by atoms with Crippen molar-refractivity contribution in [2.45, 2.75) is 72.6 Å². The first-order chi connectivity index (χ1) is 12.6. The number of hydrogen-bond donors (Lipinski definition) is 1. The van der Waals surface area contributed by atoms with Gasteiger partial charge in [0, 0.05) is 0 Å². The maximum absolute atomic E-state index is 5.05. The van der Waals surface area contributed by atoms with Gasteiger partial charge in [-0.3, -0.25) is 0 Å². The van der Waals surface area contributed by atoms with E-state index >= 15 is 0 Å². The van der Waals surface area contributed by atoms with E-state index in [-0.39, 0.29) is 0 Å². The SMILES string of the molecule is CCC[CH2][Sn]([CH2]CCC)([CH2]CCC)[c]1ccnc(Nc2ccnn2C)n1. The van der Waals surface area contributed by atoms with Gasteiger partial charge in [0.25, 0.3) is 0 Å². The molecule has 2 rings (SSSR count). The fraction of sp³-hybridized carbons (Fsp3) is 0.650. The number of rotatable bonds is 12. The topological polar surface area (TPSA) is 55.6 Å². The van der Waals surface area contributed by atoms with Gasteiger partial charge in [-0.05, 0) is 0 Å². The van der Waals surface area contributed by atoms with Gasteiger partial charge >= 0.3 is 163 Å². The van der Waals surface area contributed by atoms with Crippen LogP contribution in [0.5, 0.6) is 0 Å². The number of aryl methyl sites for hydroxylation is 1. The summed E-state index contributed by atoms with van der Waals surface area (Å²) in [6.45, 7) is 6.93. The molecule has 0 aromatic carbocycles. The number of anilines is 2. The molecule has 0 aliphatic rings. The van der Waals surface area contributed by atoms with Crippen LogP contribution < -0.4 is 9.03 Å². The molecule has 0 radical (unpaired) electrons. The van der Waals surface area contributed by atoms with Crippen molar-refractivity contribution < 1.29 is 0 Å². The van der Waals surface area contributed by atoms with Gasteiger partial charge in [-0.1, -0.05) is 0 Å². The molecule has 0 saturated heterocycles. The van der Waals surface area contributed by atoms with Crippen molar-refractivity contribution in [3.63, 3.8) is 0 Å². The van der Waals surface area contributed by atoms with Crippen molar-refractivity contribution in [1.29, 1.82) is 0 Å². The average molecular weight is 464 g/mol. The Bertz CT molecular complexity index is 633. The first-order valence-electron chi connectivity index (χ1n) is 10.2. The predicted molar refractivity (Wildman–Crippen MR) is 113 cm³/mol. The van der Waals surface area contributed by atoms with Gasteiger partial charge in [-0.15, -0.1) is 0 Å². The van der Waals surface area contributed by atoms with Crippen LogP contribution in [0, 0.1) is 0 Å². The van der Waals surface area contributed by atoms with Crippen molar-refractivity contribution in [1.82, 2.24) is 19.7 Å². The van der Waals surface area contributed by atoms with Crippen molar-refractivity contribution in [2.24, 2.45) is 7.05 Å². The quantitative estimate of drug-likeness (QED) is 0.449. The Morgan fingerprint density at radius 2 is 1.54 bits per heavy atom. The Morgan fingerprint density at radius 3 is 2.04 bits per heavy atom. The van der Waals surface area contributed by atoms with Crippen LogP contribution in [0.4, 0.5) is 11.8 Å². The van der Waals surface area contributed by atoms with Gasteiger partial charge in [0.05, 0.1) is 0 Å². The molecule has 26 heavy (non-hydrogen) atoms. The molecule has 0 aliphatic heterocycles. The van der Waals surface area contributed by atoms with Crippen LogP contribution in [0.1, 0.15) is 59.3 Å². The third-order valence-corrected chi connectivity index (χ3v) is 20.4. The molecule has 0 spiro atoms. The molecule has 0 fully saturated rings. The van der Waals surface area contributed by atoms with Crippen molar-refractivity contribution in [3.05, 3.63) is 24.5 Å². The van der Waals surface area contributed by atoms with Crippen LogP contribution in [0.25, 0.3) is 0 Å². The number of nitrogens with one attached hydrogen (secondary N) is 1. The van der Waals surface area contributed by atoms with Crippen molar-refractivity contribution in [3.8, 4) is 0 Å². The molecule has 0 saturated carbocycles. The predicted octanol–water partition coefficient (Wildman–Crippen LogP) is 5.01. The van der Waals surface area contributed by atoms with Gasteiger partial charge < -0.3 is 0 Å². The summed E-state index contributed by atoms with van der Waals surface area (Å²) in [5, 5.41) is 7.56. The number of nitrogens with zero attached hydrogens (tertiary/aromatic N) is 4. The third kappa shape index (κ3) is 5.69. The Balaban J connectivity index is 2.32. The number of aromatic nitrogens is 4. The van der Waals surface area contributed by atoms with Crippen LogP contribution in [-0.4, -0.2) is 38.1 Å². The second kappa shape index (κ2) is 10.9. The van der Waals surface area contributed by atoms with E-state index in [9.17, 15) is 0 Å². The second-order valence-electron chi connectivity index (χ2n) is 7.32. The molecule has 0 amide bonds. The molecule has 5 nitrogen and oxygen atoms in total. The molecule has 1 N–H and O–H groups in total. The molecule has 144 valence electrons. The minimum atomic E-state index is -2.50. The number of hydrogen-bond acceptors (Lipinski definition) is 4. The van der Waals surface area contributed by atoms with E-state index in [0.29, 0.717) is 0 Å². The summed E-state index contributed by atoms with van der Waals surface area (Å²) in [5.41, 5.74) is 0. The molecular weight excluding hydrogens is 429 g/mol. The summed E-state index contributed by atoms with van der Waals surface area (Å²) in [5.74, 6) is 1.65. The molecule has 0 bridgehead atoms. The Hall–Kier alpha value is -1.11. The molecule has 2 aromatic heterocycles. The van der Waals surface area contributed by atoms with Gasteiger partial charge in [-0.25, -0.2) is 0 Å². The Kier molecular flexibility index (Phi) is 8.88.